The van der Waals surface area contributed by atoms with Gasteiger partial charge in [-0.25, -0.2) is 9.59 Å². The van der Waals surface area contributed by atoms with Crippen LogP contribution in [0.15, 0.2) is 42.5 Å². The lowest BCUT2D eigenvalue weighted by molar-refractivity contribution is 0.120. The van der Waals surface area contributed by atoms with E-state index in [1.54, 1.807) is 30.3 Å². The number of hydroxylamine groups is 1. The molecule has 9 heteroatoms. The van der Waals surface area contributed by atoms with E-state index in [0.29, 0.717) is 15.1 Å². The summed E-state index contributed by atoms with van der Waals surface area (Å²) in [6.45, 7) is 1.67. The largest absolute Gasteiger partial charge is 0.446 e. The van der Waals surface area contributed by atoms with Crippen LogP contribution in [-0.4, -0.2) is 30.5 Å². The van der Waals surface area contributed by atoms with Crippen LogP contribution in [0.3, 0.4) is 0 Å². The van der Waals surface area contributed by atoms with Crippen molar-refractivity contribution in [3.8, 4) is 5.75 Å². The van der Waals surface area contributed by atoms with Crippen molar-refractivity contribution in [1.82, 2.24) is 5.32 Å². The van der Waals surface area contributed by atoms with Crippen LogP contribution in [0.1, 0.15) is 5.56 Å². The Morgan fingerprint density at radius 3 is 2.65 bits per heavy atom. The molecule has 2 aromatic carbocycles. The molecule has 2 aromatic rings. The van der Waals surface area contributed by atoms with E-state index in [2.05, 4.69) is 5.32 Å². The first-order valence-electron chi connectivity index (χ1n) is 7.50. The van der Waals surface area contributed by atoms with E-state index in [-0.39, 0.29) is 24.6 Å². The van der Waals surface area contributed by atoms with Crippen LogP contribution < -0.4 is 15.1 Å². The number of carbonyl (C=O) groups is 2. The zero-order valence-corrected chi connectivity index (χ0v) is 15.3. The Hall–Kier alpha value is -2.48. The number of anilines is 1. The second-order valence-corrected chi connectivity index (χ2v) is 6.00. The van der Waals surface area contributed by atoms with Crippen molar-refractivity contribution >= 4 is 41.1 Å². The van der Waals surface area contributed by atoms with Crippen molar-refractivity contribution in [3.05, 3.63) is 58.1 Å². The van der Waals surface area contributed by atoms with Gasteiger partial charge in [-0.2, -0.15) is 5.06 Å². The maximum Gasteiger partial charge on any atom is 0.438 e. The van der Waals surface area contributed by atoms with Gasteiger partial charge in [0.15, 0.2) is 5.75 Å². The molecule has 0 radical (unpaired) electrons. The van der Waals surface area contributed by atoms with Crippen LogP contribution in [-0.2, 0) is 4.74 Å². The summed E-state index contributed by atoms with van der Waals surface area (Å²) in [5.74, 6) is 0.217. The number of hydrogen-bond acceptors (Lipinski definition) is 5. The molecule has 0 atom stereocenters. The topological polar surface area (TPSA) is 88.1 Å². The molecule has 0 heterocycles. The van der Waals surface area contributed by atoms with Gasteiger partial charge in [-0.05, 0) is 42.8 Å². The molecule has 0 aliphatic heterocycles. The molecule has 2 rings (SSSR count). The lowest BCUT2D eigenvalue weighted by Gasteiger charge is -2.15. The zero-order chi connectivity index (χ0) is 19.1. The van der Waals surface area contributed by atoms with Crippen molar-refractivity contribution in [2.75, 3.05) is 18.2 Å². The SMILES string of the molecule is Cc1ccc(OC(=O)NCCOC(=O)N(O)c2cccc(Cl)c2)c(Cl)c1. The molecule has 0 unspecified atom stereocenters. The highest BCUT2D eigenvalue weighted by Crippen LogP contribution is 2.25. The molecule has 0 saturated carbocycles. The molecule has 7 nitrogen and oxygen atoms in total. The molecule has 26 heavy (non-hydrogen) atoms. The third kappa shape index (κ3) is 5.80. The van der Waals surface area contributed by atoms with E-state index in [9.17, 15) is 14.8 Å². The smallest absolute Gasteiger partial charge is 0.438 e. The molecule has 0 spiro atoms. The molecule has 2 amide bonds. The van der Waals surface area contributed by atoms with Crippen LogP contribution >= 0.6 is 23.2 Å². The Balaban J connectivity index is 1.74. The highest BCUT2D eigenvalue weighted by atomic mass is 35.5. The minimum absolute atomic E-state index is 0.0164. The average Bonchev–Trinajstić information content (AvgIpc) is 2.60. The number of hydrogen-bond donors (Lipinski definition) is 2. The first-order valence-corrected chi connectivity index (χ1v) is 8.25. The summed E-state index contributed by atoms with van der Waals surface area (Å²) < 4.78 is 9.88. The van der Waals surface area contributed by atoms with Gasteiger partial charge in [0.25, 0.3) is 0 Å². The molecular weight excluding hydrogens is 383 g/mol. The van der Waals surface area contributed by atoms with E-state index in [1.165, 1.54) is 12.1 Å². The van der Waals surface area contributed by atoms with Gasteiger partial charge >= 0.3 is 12.2 Å². The molecule has 0 aliphatic rings. The second-order valence-electron chi connectivity index (χ2n) is 5.16. The van der Waals surface area contributed by atoms with E-state index >= 15 is 0 Å². The Bertz CT molecular complexity index is 800. The summed E-state index contributed by atoms with van der Waals surface area (Å²) in [6, 6.07) is 11.0. The standard InChI is InChI=1S/C17H16Cl2N2O5/c1-11-5-6-15(14(19)9-11)26-16(22)20-7-8-25-17(23)21(24)13-4-2-3-12(18)10-13/h2-6,9-10,24H,7-8H2,1H3,(H,20,22). The number of ether oxygens (including phenoxy) is 2. The molecule has 0 saturated heterocycles. The van der Waals surface area contributed by atoms with Crippen molar-refractivity contribution in [3.63, 3.8) is 0 Å². The maximum atomic E-state index is 11.7. The van der Waals surface area contributed by atoms with Crippen molar-refractivity contribution in [1.29, 1.82) is 0 Å². The van der Waals surface area contributed by atoms with Crippen LogP contribution in [0.4, 0.5) is 15.3 Å². The molecule has 0 aliphatic carbocycles. The van der Waals surface area contributed by atoms with Crippen LogP contribution in [0.5, 0.6) is 5.75 Å². The van der Waals surface area contributed by atoms with E-state index in [0.717, 1.165) is 5.56 Å². The number of aryl methyl sites for hydroxylation is 1. The summed E-state index contributed by atoms with van der Waals surface area (Å²) in [4.78, 5) is 23.4. The van der Waals surface area contributed by atoms with E-state index < -0.39 is 12.2 Å². The third-order valence-electron chi connectivity index (χ3n) is 3.11. The Morgan fingerprint density at radius 1 is 1.19 bits per heavy atom. The summed E-state index contributed by atoms with van der Waals surface area (Å²) >= 11 is 11.7. The molecule has 2 N–H and O–H groups in total. The Labute approximate surface area is 160 Å². The van der Waals surface area contributed by atoms with Crippen molar-refractivity contribution < 1.29 is 24.3 Å². The summed E-state index contributed by atoms with van der Waals surface area (Å²) in [5.41, 5.74) is 1.09. The summed E-state index contributed by atoms with van der Waals surface area (Å²) in [5, 5.41) is 13.1. The number of nitrogens with zero attached hydrogens (tertiary/aromatic N) is 1. The summed E-state index contributed by atoms with van der Waals surface area (Å²) in [7, 11) is 0. The second kappa shape index (κ2) is 9.28. The highest BCUT2D eigenvalue weighted by molar-refractivity contribution is 6.32. The molecule has 0 aromatic heterocycles. The number of benzene rings is 2. The van der Waals surface area contributed by atoms with Gasteiger partial charge in [0.05, 0.1) is 17.3 Å². The number of halogens is 2. The molecule has 0 fully saturated rings. The van der Waals surface area contributed by atoms with Gasteiger partial charge in [0.1, 0.15) is 6.61 Å². The van der Waals surface area contributed by atoms with Gasteiger partial charge in [-0.1, -0.05) is 35.3 Å². The predicted octanol–water partition coefficient (Wildman–Crippen LogP) is 4.42. The summed E-state index contributed by atoms with van der Waals surface area (Å²) in [6.07, 6.45) is -1.76. The lowest BCUT2D eigenvalue weighted by Crippen LogP contribution is -2.33. The predicted molar refractivity (Wildman–Crippen MR) is 97.3 cm³/mol. The fraction of sp³-hybridized carbons (Fsp3) is 0.176. The number of amides is 2. The quantitative estimate of drug-likeness (QED) is 0.442. The number of rotatable bonds is 5. The maximum absolute atomic E-state index is 11.7. The van der Waals surface area contributed by atoms with Gasteiger partial charge < -0.3 is 14.8 Å². The van der Waals surface area contributed by atoms with Gasteiger partial charge in [-0.15, -0.1) is 0 Å². The van der Waals surface area contributed by atoms with Crippen molar-refractivity contribution in [2.24, 2.45) is 0 Å². The van der Waals surface area contributed by atoms with Gasteiger partial charge in [0, 0.05) is 5.02 Å². The molecule has 138 valence electrons. The number of carbonyl (C=O) groups excluding carboxylic acids is 2. The van der Waals surface area contributed by atoms with Crippen LogP contribution in [0, 0.1) is 6.92 Å². The molecule has 0 bridgehead atoms. The first-order chi connectivity index (χ1) is 12.4. The third-order valence-corrected chi connectivity index (χ3v) is 3.64. The molecular formula is C17H16Cl2N2O5. The van der Waals surface area contributed by atoms with Gasteiger partial charge in [-0.3, -0.25) is 5.21 Å². The fourth-order valence-electron chi connectivity index (χ4n) is 1.89. The van der Waals surface area contributed by atoms with E-state index in [1.807, 2.05) is 6.92 Å². The average molecular weight is 399 g/mol. The van der Waals surface area contributed by atoms with Crippen LogP contribution in [0.25, 0.3) is 0 Å². The Kier molecular flexibility index (Phi) is 7.08. The fourth-order valence-corrected chi connectivity index (χ4v) is 2.35. The van der Waals surface area contributed by atoms with Crippen LogP contribution in [0.2, 0.25) is 10.0 Å². The van der Waals surface area contributed by atoms with Crippen molar-refractivity contribution in [2.45, 2.75) is 6.92 Å². The highest BCUT2D eigenvalue weighted by Gasteiger charge is 2.15. The Morgan fingerprint density at radius 2 is 1.96 bits per heavy atom. The normalized spacial score (nSPS) is 10.2. The lowest BCUT2D eigenvalue weighted by atomic mass is 10.2. The number of nitrogens with one attached hydrogen (secondary N) is 1. The van der Waals surface area contributed by atoms with E-state index in [4.69, 9.17) is 32.7 Å². The van der Waals surface area contributed by atoms with Gasteiger partial charge in [0.2, 0.25) is 0 Å². The zero-order valence-electron chi connectivity index (χ0n) is 13.7. The first kappa shape index (κ1) is 19.8. The minimum Gasteiger partial charge on any atom is -0.446 e. The minimum atomic E-state index is -1.01. The monoisotopic (exact) mass is 398 g/mol.